The lowest BCUT2D eigenvalue weighted by Crippen LogP contribution is -2.58. The van der Waals surface area contributed by atoms with E-state index in [1.165, 1.54) is 62.2 Å². The maximum atomic E-state index is 14.6. The summed E-state index contributed by atoms with van der Waals surface area (Å²) < 4.78 is 0. The van der Waals surface area contributed by atoms with Crippen LogP contribution in [-0.2, 0) is 35.2 Å². The van der Waals surface area contributed by atoms with E-state index in [0.29, 0.717) is 36.4 Å². The first-order valence-electron chi connectivity index (χ1n) is 22.2. The summed E-state index contributed by atoms with van der Waals surface area (Å²) in [5, 5.41) is 33.8. The van der Waals surface area contributed by atoms with Crippen molar-refractivity contribution in [3.8, 4) is 33.8 Å². The van der Waals surface area contributed by atoms with Crippen LogP contribution >= 0.6 is 11.6 Å². The largest absolute Gasteiger partial charge is 0.507 e. The van der Waals surface area contributed by atoms with E-state index in [1.54, 1.807) is 36.4 Å². The van der Waals surface area contributed by atoms with Gasteiger partial charge in [0.05, 0.1) is 0 Å². The molecule has 0 aromatic heterocycles. The molecule has 2 heterocycles. The highest BCUT2D eigenvalue weighted by Gasteiger charge is 2.40. The molecule has 1 fully saturated rings. The molecule has 4 aromatic rings. The predicted molar refractivity (Wildman–Crippen MR) is 251 cm³/mol. The number of carbonyl (C=O) groups excluding carboxylic acids is 7. The third-order valence-corrected chi connectivity index (χ3v) is 12.5. The van der Waals surface area contributed by atoms with Gasteiger partial charge >= 0.3 is 0 Å². The number of nitrogens with one attached hydrogen (secondary N) is 4. The Morgan fingerprint density at radius 3 is 2.12 bits per heavy atom. The highest BCUT2D eigenvalue weighted by atomic mass is 35.5. The van der Waals surface area contributed by atoms with E-state index in [1.807, 2.05) is 19.1 Å². The van der Waals surface area contributed by atoms with Crippen molar-refractivity contribution in [3.05, 3.63) is 107 Å². The Labute approximate surface area is 393 Å². The zero-order chi connectivity index (χ0) is 48.7. The predicted octanol–water partition coefficient (Wildman–Crippen LogP) is 3.28. The van der Waals surface area contributed by atoms with Crippen LogP contribution in [0.4, 0.5) is 0 Å². The molecule has 354 valence electrons. The third-order valence-electron chi connectivity index (χ3n) is 12.2. The number of phenolic OH excluding ortho intramolecular Hbond substituents is 2. The number of nitrogens with two attached hydrogens (primary N) is 2. The van der Waals surface area contributed by atoms with Gasteiger partial charge in [0.25, 0.3) is 5.91 Å². The Bertz CT molecular complexity index is 2520. The molecule has 4 bridgehead atoms. The molecule has 17 nitrogen and oxygen atoms in total. The Hall–Kier alpha value is -6.98. The van der Waals surface area contributed by atoms with Gasteiger partial charge in [-0.1, -0.05) is 54.9 Å². The van der Waals surface area contributed by atoms with Gasteiger partial charge in [0, 0.05) is 41.7 Å². The number of carbonyl (C=O) groups is 7. The lowest BCUT2D eigenvalue weighted by Gasteiger charge is -2.32. The summed E-state index contributed by atoms with van der Waals surface area (Å²) in [7, 11) is 1.38. The van der Waals surface area contributed by atoms with Gasteiger partial charge in [0.1, 0.15) is 47.8 Å². The van der Waals surface area contributed by atoms with Gasteiger partial charge in [0.2, 0.25) is 35.4 Å². The van der Waals surface area contributed by atoms with E-state index in [9.17, 15) is 43.8 Å². The lowest BCUT2D eigenvalue weighted by atomic mass is 9.93. The van der Waals surface area contributed by atoms with Gasteiger partial charge in [0.15, 0.2) is 0 Å². The van der Waals surface area contributed by atoms with E-state index in [4.69, 9.17) is 23.1 Å². The number of hydrogen-bond donors (Lipinski definition) is 8. The molecule has 0 aliphatic carbocycles. The number of unbranched alkanes of at least 4 members (excludes halogenated alkanes) is 1. The molecule has 0 saturated carbocycles. The Morgan fingerprint density at radius 1 is 0.851 bits per heavy atom. The van der Waals surface area contributed by atoms with Crippen LogP contribution in [0.5, 0.6) is 11.5 Å². The molecule has 6 rings (SSSR count). The van der Waals surface area contributed by atoms with Crippen LogP contribution in [0.3, 0.4) is 0 Å². The molecule has 0 unspecified atom stereocenters. The second-order valence-corrected chi connectivity index (χ2v) is 17.8. The second kappa shape index (κ2) is 21.5. The van der Waals surface area contributed by atoms with E-state index in [-0.39, 0.29) is 59.1 Å². The summed E-state index contributed by atoms with van der Waals surface area (Å²) in [6.07, 6.45) is 1.39. The molecular weight excluding hydrogens is 880 g/mol. The number of primary amides is 1. The molecule has 7 atom stereocenters. The number of hydrogen-bond acceptors (Lipinski definition) is 10. The van der Waals surface area contributed by atoms with Gasteiger partial charge in [-0.2, -0.15) is 0 Å². The molecule has 4 aromatic carbocycles. The standard InChI is InChI=1S/C49H57ClN8O9/c1-26-21-39(43(52)61)58(25-26)48(66)28(3)54-46(64)38-23-29-8-18-40(59)35(22-29)36-24-33(15-19-41(36)60)42(47(65)53-27(2)44(62)56-38)57(4)49(67)37(7-5-6-20-51)55-45(63)32-11-9-30(10-12-32)31-13-16-34(50)17-14-31/h8-19,22,24,26-28,37-39,42,59-60H,5-7,20-21,23,25,51H2,1-4H3,(H2,52,61)(H,53,65)(H,54,64)(H,55,63)(H,56,62)/t26-,27-,28-,37-,38-,39-,42-/m0/s1. The van der Waals surface area contributed by atoms with Gasteiger partial charge < -0.3 is 52.7 Å². The molecule has 10 N–H and O–H groups in total. The van der Waals surface area contributed by atoms with Crippen molar-refractivity contribution in [2.75, 3.05) is 20.1 Å². The smallest absolute Gasteiger partial charge is 0.251 e. The van der Waals surface area contributed by atoms with Crippen LogP contribution in [0.2, 0.25) is 5.02 Å². The summed E-state index contributed by atoms with van der Waals surface area (Å²) in [4.78, 5) is 99.0. The Kier molecular flexibility index (Phi) is 15.9. The van der Waals surface area contributed by atoms with Gasteiger partial charge in [-0.05, 0) is 123 Å². The van der Waals surface area contributed by atoms with Crippen molar-refractivity contribution in [3.63, 3.8) is 0 Å². The zero-order valence-electron chi connectivity index (χ0n) is 37.8. The van der Waals surface area contributed by atoms with Crippen molar-refractivity contribution in [2.24, 2.45) is 17.4 Å². The highest BCUT2D eigenvalue weighted by Crippen LogP contribution is 2.39. The van der Waals surface area contributed by atoms with Crippen molar-refractivity contribution in [1.82, 2.24) is 31.1 Å². The number of fused-ring (bicyclic) bond motifs is 5. The van der Waals surface area contributed by atoms with Crippen molar-refractivity contribution in [1.29, 1.82) is 0 Å². The van der Waals surface area contributed by atoms with Crippen LogP contribution in [0.1, 0.15) is 74.0 Å². The quantitative estimate of drug-likeness (QED) is 0.0907. The lowest BCUT2D eigenvalue weighted by molar-refractivity contribution is -0.142. The minimum Gasteiger partial charge on any atom is -0.507 e. The van der Waals surface area contributed by atoms with E-state index >= 15 is 0 Å². The molecule has 0 spiro atoms. The normalized spacial score (nSPS) is 20.3. The molecule has 2 aliphatic rings. The number of nitrogens with zero attached hydrogens (tertiary/aromatic N) is 2. The van der Waals surface area contributed by atoms with Crippen LogP contribution in [0, 0.1) is 5.92 Å². The number of benzene rings is 4. The van der Waals surface area contributed by atoms with E-state index in [0.717, 1.165) is 16.0 Å². The molecule has 67 heavy (non-hydrogen) atoms. The third kappa shape index (κ3) is 11.7. The maximum absolute atomic E-state index is 14.6. The fourth-order valence-electron chi connectivity index (χ4n) is 8.52. The zero-order valence-corrected chi connectivity index (χ0v) is 38.5. The van der Waals surface area contributed by atoms with Crippen LogP contribution in [-0.4, -0.2) is 112 Å². The summed E-state index contributed by atoms with van der Waals surface area (Å²) in [5.41, 5.74) is 14.2. The summed E-state index contributed by atoms with van der Waals surface area (Å²) in [6.45, 7) is 5.33. The summed E-state index contributed by atoms with van der Waals surface area (Å²) in [5.74, 6) is -5.28. The SMILES string of the molecule is C[C@H]1C[C@@H](C(N)=O)N(C(=O)[C@H](C)NC(=O)[C@@H]2Cc3ccc(O)c(c3)-c3cc(ccc3O)[C@H](N(C)C(=O)[C@H](CCCCN)NC(=O)c3ccc(-c4ccc(Cl)cc4)cc3)C(=O)N[C@@H](C)C(=O)N2)C1. The molecule has 7 amide bonds. The number of amides is 7. The molecular formula is C49H57ClN8O9. The van der Waals surface area contributed by atoms with Crippen LogP contribution in [0.25, 0.3) is 22.3 Å². The van der Waals surface area contributed by atoms with Gasteiger partial charge in [-0.25, -0.2) is 0 Å². The van der Waals surface area contributed by atoms with Crippen molar-refractivity contribution < 1.29 is 43.8 Å². The number of likely N-dealkylation sites (N-methyl/N-ethyl adjacent to an activating group) is 1. The minimum absolute atomic E-state index is 0.000763. The minimum atomic E-state index is -1.47. The van der Waals surface area contributed by atoms with Crippen LogP contribution in [0.15, 0.2) is 84.9 Å². The van der Waals surface area contributed by atoms with Crippen molar-refractivity contribution in [2.45, 2.75) is 89.1 Å². The first kappa shape index (κ1) is 49.5. The number of rotatable bonds is 13. The topological polar surface area (TPSA) is 267 Å². The monoisotopic (exact) mass is 936 g/mol. The number of phenols is 2. The fourth-order valence-corrected chi connectivity index (χ4v) is 8.65. The number of likely N-dealkylation sites (tertiary alicyclic amines) is 1. The summed E-state index contributed by atoms with van der Waals surface area (Å²) in [6, 6.07) is 15.4. The van der Waals surface area contributed by atoms with E-state index < -0.39 is 77.6 Å². The Morgan fingerprint density at radius 2 is 1.48 bits per heavy atom. The average Bonchev–Trinajstić information content (AvgIpc) is 3.70. The van der Waals surface area contributed by atoms with Gasteiger partial charge in [-0.15, -0.1) is 0 Å². The van der Waals surface area contributed by atoms with Gasteiger partial charge in [-0.3, -0.25) is 33.6 Å². The molecule has 18 heteroatoms. The summed E-state index contributed by atoms with van der Waals surface area (Å²) >= 11 is 6.05. The molecule has 2 aliphatic heterocycles. The van der Waals surface area contributed by atoms with E-state index in [2.05, 4.69) is 21.3 Å². The highest BCUT2D eigenvalue weighted by molar-refractivity contribution is 6.30. The maximum Gasteiger partial charge on any atom is 0.251 e. The Balaban J connectivity index is 1.29. The van der Waals surface area contributed by atoms with Crippen LogP contribution < -0.4 is 32.7 Å². The first-order valence-corrected chi connectivity index (χ1v) is 22.5. The molecule has 1 saturated heterocycles. The second-order valence-electron chi connectivity index (χ2n) is 17.4. The first-order chi connectivity index (χ1) is 31.9. The number of halogens is 1. The fraction of sp³-hybridized carbons (Fsp3) is 0.367. The number of aromatic hydroxyl groups is 2. The van der Waals surface area contributed by atoms with Crippen molar-refractivity contribution >= 4 is 53.0 Å². The average molecular weight is 937 g/mol. The molecule has 0 radical (unpaired) electrons.